The van der Waals surface area contributed by atoms with Crippen LogP contribution in [0.15, 0.2) is 23.8 Å². The lowest BCUT2D eigenvalue weighted by Crippen LogP contribution is -2.51. The molecule has 0 unspecified atom stereocenters. The minimum atomic E-state index is -0.615. The quantitative estimate of drug-likeness (QED) is 0.131. The zero-order valence-electron chi connectivity index (χ0n) is 29.4. The lowest BCUT2D eigenvalue weighted by molar-refractivity contribution is -0.0620. The summed E-state index contributed by atoms with van der Waals surface area (Å²) in [5.74, 6) is 6.53. The second-order valence-corrected chi connectivity index (χ2v) is 15.7. The molecule has 0 spiro atoms. The number of carbonyl (C=O) groups is 1. The third-order valence-corrected chi connectivity index (χ3v) is 12.9. The number of benzene rings is 1. The molecule has 6 nitrogen and oxygen atoms in total. The van der Waals surface area contributed by atoms with Gasteiger partial charge in [0.25, 0.3) is 0 Å². The fourth-order valence-electron chi connectivity index (χ4n) is 10.5. The number of ether oxygens (including phenoxy) is 5. The molecule has 8 atom stereocenters. The first-order valence-corrected chi connectivity index (χ1v) is 17.9. The normalized spacial score (nSPS) is 32.9. The van der Waals surface area contributed by atoms with Gasteiger partial charge in [-0.15, -0.1) is 0 Å². The van der Waals surface area contributed by atoms with E-state index in [-0.39, 0.29) is 18.1 Å². The second kappa shape index (κ2) is 14.2. The van der Waals surface area contributed by atoms with Crippen LogP contribution in [0.1, 0.15) is 117 Å². The third kappa shape index (κ3) is 6.86. The lowest BCUT2D eigenvalue weighted by Gasteiger charge is -2.58. The number of hydrogen-bond donors (Lipinski definition) is 0. The van der Waals surface area contributed by atoms with Gasteiger partial charge in [-0.05, 0) is 109 Å². The van der Waals surface area contributed by atoms with Gasteiger partial charge in [-0.25, -0.2) is 4.79 Å². The van der Waals surface area contributed by atoms with Crippen molar-refractivity contribution in [2.45, 2.75) is 124 Å². The van der Waals surface area contributed by atoms with E-state index in [1.54, 1.807) is 33.5 Å². The highest BCUT2D eigenvalue weighted by Gasteiger charge is 2.59. The van der Waals surface area contributed by atoms with E-state index < -0.39 is 6.16 Å². The van der Waals surface area contributed by atoms with Crippen LogP contribution in [-0.4, -0.2) is 33.6 Å². The van der Waals surface area contributed by atoms with Crippen LogP contribution in [0.4, 0.5) is 4.79 Å². The molecule has 45 heavy (non-hydrogen) atoms. The number of carbonyl (C=O) groups excluding carboxylic acids is 1. The van der Waals surface area contributed by atoms with Crippen molar-refractivity contribution in [2.75, 3.05) is 21.3 Å². The van der Waals surface area contributed by atoms with Crippen LogP contribution < -0.4 is 14.2 Å². The fraction of sp³-hybridized carbons (Fsp3) is 0.769. The minimum absolute atomic E-state index is 0.0736. The topological polar surface area (TPSA) is 63.2 Å². The molecule has 252 valence electrons. The monoisotopic (exact) mass is 624 g/mol. The summed E-state index contributed by atoms with van der Waals surface area (Å²) in [6.45, 7) is 12.5. The first-order chi connectivity index (χ1) is 21.5. The maximum Gasteiger partial charge on any atom is 0.508 e. The average Bonchev–Trinajstić information content (AvgIpc) is 3.38. The van der Waals surface area contributed by atoms with Gasteiger partial charge in [-0.1, -0.05) is 72.0 Å². The first kappa shape index (κ1) is 34.0. The van der Waals surface area contributed by atoms with Gasteiger partial charge in [0.15, 0.2) is 11.5 Å². The van der Waals surface area contributed by atoms with Crippen molar-refractivity contribution in [2.24, 2.45) is 46.3 Å². The summed E-state index contributed by atoms with van der Waals surface area (Å²) in [7, 11) is 4.71. The van der Waals surface area contributed by atoms with Crippen molar-refractivity contribution in [1.82, 2.24) is 0 Å². The van der Waals surface area contributed by atoms with Gasteiger partial charge in [0.05, 0.1) is 21.3 Å². The van der Waals surface area contributed by atoms with E-state index in [1.165, 1.54) is 63.4 Å². The van der Waals surface area contributed by atoms with E-state index in [1.807, 2.05) is 0 Å². The van der Waals surface area contributed by atoms with Crippen LogP contribution in [0, 0.1) is 46.3 Å². The zero-order chi connectivity index (χ0) is 32.4. The number of allylic oxidation sites excluding steroid dienone is 1. The molecule has 0 N–H and O–H groups in total. The van der Waals surface area contributed by atoms with Crippen molar-refractivity contribution in [3.8, 4) is 17.2 Å². The first-order valence-electron chi connectivity index (χ1n) is 17.9. The number of unbranched alkanes of at least 4 members (excludes halogenated alkanes) is 1. The Morgan fingerprint density at radius 3 is 2.27 bits per heavy atom. The summed E-state index contributed by atoms with van der Waals surface area (Å²) in [6.07, 6.45) is 17.0. The molecule has 0 heterocycles. The molecule has 4 aliphatic rings. The number of methoxy groups -OCH3 is 3. The summed E-state index contributed by atoms with van der Waals surface area (Å²) in [5.41, 5.74) is 3.00. The summed E-state index contributed by atoms with van der Waals surface area (Å²) < 4.78 is 27.7. The second-order valence-electron chi connectivity index (χ2n) is 15.7. The molecule has 3 fully saturated rings. The largest absolute Gasteiger partial charge is 0.508 e. The van der Waals surface area contributed by atoms with Crippen LogP contribution in [0.2, 0.25) is 0 Å². The molecule has 0 aliphatic heterocycles. The van der Waals surface area contributed by atoms with Crippen LogP contribution in [0.5, 0.6) is 17.2 Å². The van der Waals surface area contributed by atoms with Gasteiger partial charge < -0.3 is 23.7 Å². The van der Waals surface area contributed by atoms with Crippen molar-refractivity contribution in [1.29, 1.82) is 0 Å². The Balaban J connectivity index is 1.17. The molecular formula is C39H60O6. The van der Waals surface area contributed by atoms with Gasteiger partial charge >= 0.3 is 6.16 Å². The molecule has 0 amide bonds. The highest BCUT2D eigenvalue weighted by atomic mass is 16.7. The Morgan fingerprint density at radius 2 is 1.60 bits per heavy atom. The third-order valence-electron chi connectivity index (χ3n) is 12.9. The SMILES string of the molecule is COc1cc(COC(=O)O[C@H]2CC[C@@]3(C)C(=CC[C@H]4[C@@H]5CC[C@H]([C@H](C)CCCCC(C)C)[C@@]5(C)CC[C@@H]43)C2)cc(OC)c1OC. The van der Waals surface area contributed by atoms with Crippen molar-refractivity contribution >= 4 is 6.16 Å². The minimum Gasteiger partial charge on any atom is -0.493 e. The van der Waals surface area contributed by atoms with Crippen LogP contribution in [0.25, 0.3) is 0 Å². The highest BCUT2D eigenvalue weighted by molar-refractivity contribution is 5.61. The fourth-order valence-corrected chi connectivity index (χ4v) is 10.5. The van der Waals surface area contributed by atoms with Crippen LogP contribution in [-0.2, 0) is 16.1 Å². The summed E-state index contributed by atoms with van der Waals surface area (Å²) >= 11 is 0. The van der Waals surface area contributed by atoms with Gasteiger partial charge in [0.2, 0.25) is 5.75 Å². The molecule has 4 aliphatic carbocycles. The Kier molecular flexibility index (Phi) is 10.7. The maximum absolute atomic E-state index is 12.8. The smallest absolute Gasteiger partial charge is 0.493 e. The van der Waals surface area contributed by atoms with Gasteiger partial charge in [0, 0.05) is 6.42 Å². The average molecular weight is 625 g/mol. The molecule has 3 saturated carbocycles. The molecule has 0 saturated heterocycles. The number of rotatable bonds is 12. The van der Waals surface area contributed by atoms with Crippen molar-refractivity contribution in [3.05, 3.63) is 29.3 Å². The molecule has 6 heteroatoms. The van der Waals surface area contributed by atoms with E-state index in [4.69, 9.17) is 23.7 Å². The standard InChI is InChI=1S/C39H60O6/c1-25(2)11-9-10-12-26(3)31-15-16-32-30-14-13-28-23-29(17-19-38(28,4)33(30)18-20-39(31,32)5)45-37(40)44-24-27-21-34(41-6)36(43-8)35(22-27)42-7/h13,21-22,25-26,29-33H,9-12,14-20,23-24H2,1-8H3/t26-,29+,30+,31-,32+,33+,38+,39-/m1/s1. The number of fused-ring (bicyclic) bond motifs is 5. The molecule has 0 bridgehead atoms. The van der Waals surface area contributed by atoms with Crippen molar-refractivity contribution < 1.29 is 28.5 Å². The predicted octanol–water partition coefficient (Wildman–Crippen LogP) is 10.2. The molecule has 0 radical (unpaired) electrons. The lowest BCUT2D eigenvalue weighted by atomic mass is 9.47. The Bertz CT molecular complexity index is 1180. The van der Waals surface area contributed by atoms with Crippen LogP contribution >= 0.6 is 0 Å². The molecule has 1 aromatic carbocycles. The highest BCUT2D eigenvalue weighted by Crippen LogP contribution is 2.67. The Hall–Kier alpha value is -2.37. The van der Waals surface area contributed by atoms with E-state index in [2.05, 4.69) is 40.7 Å². The van der Waals surface area contributed by atoms with Crippen LogP contribution in [0.3, 0.4) is 0 Å². The Labute approximate surface area is 272 Å². The Morgan fingerprint density at radius 1 is 0.889 bits per heavy atom. The zero-order valence-corrected chi connectivity index (χ0v) is 29.4. The molecule has 0 aromatic heterocycles. The van der Waals surface area contributed by atoms with Crippen molar-refractivity contribution in [3.63, 3.8) is 0 Å². The van der Waals surface area contributed by atoms with Gasteiger partial charge in [-0.2, -0.15) is 0 Å². The molecule has 5 rings (SSSR count). The number of hydrogen-bond acceptors (Lipinski definition) is 6. The predicted molar refractivity (Wildman–Crippen MR) is 179 cm³/mol. The van der Waals surface area contributed by atoms with E-state index in [0.717, 1.165) is 60.3 Å². The summed E-state index contributed by atoms with van der Waals surface area (Å²) in [6, 6.07) is 3.58. The summed E-state index contributed by atoms with van der Waals surface area (Å²) in [5, 5.41) is 0. The molecule has 1 aromatic rings. The van der Waals surface area contributed by atoms with E-state index in [9.17, 15) is 4.79 Å². The van der Waals surface area contributed by atoms with Gasteiger partial charge in [-0.3, -0.25) is 0 Å². The van der Waals surface area contributed by atoms with E-state index >= 15 is 0 Å². The maximum atomic E-state index is 12.8. The molecular weight excluding hydrogens is 564 g/mol. The van der Waals surface area contributed by atoms with E-state index in [0.29, 0.717) is 22.7 Å². The van der Waals surface area contributed by atoms with Gasteiger partial charge in [0.1, 0.15) is 12.7 Å². The summed E-state index contributed by atoms with van der Waals surface area (Å²) in [4.78, 5) is 12.8.